The topological polar surface area (TPSA) is 55.5 Å². The van der Waals surface area contributed by atoms with Crippen LogP contribution in [-0.2, 0) is 11.2 Å². The van der Waals surface area contributed by atoms with Crippen LogP contribution in [0.5, 0.6) is 0 Å². The molecular weight excluding hydrogens is 266 g/mol. The molecule has 114 valence electrons. The third-order valence-electron chi connectivity index (χ3n) is 3.80. The van der Waals surface area contributed by atoms with Gasteiger partial charge in [0.1, 0.15) is 17.5 Å². The zero-order valence-corrected chi connectivity index (χ0v) is 13.0. The second-order valence-corrected chi connectivity index (χ2v) is 5.79. The molecule has 0 aliphatic carbocycles. The smallest absolute Gasteiger partial charge is 0.165 e. The molecule has 0 atom stereocenters. The molecule has 0 bridgehead atoms. The number of aromatic nitrogens is 4. The van der Waals surface area contributed by atoms with Crippen LogP contribution < -0.4 is 4.90 Å². The van der Waals surface area contributed by atoms with Crippen molar-refractivity contribution in [3.05, 3.63) is 17.7 Å². The van der Waals surface area contributed by atoms with Crippen molar-refractivity contribution in [3.8, 4) is 0 Å². The molecule has 1 fully saturated rings. The minimum atomic E-state index is 0.339. The molecule has 1 saturated heterocycles. The molecule has 3 heterocycles. The molecule has 21 heavy (non-hydrogen) atoms. The van der Waals surface area contributed by atoms with Gasteiger partial charge in [-0.3, -0.25) is 4.40 Å². The monoisotopic (exact) mass is 289 g/mol. The van der Waals surface area contributed by atoms with Crippen molar-refractivity contribution in [2.75, 3.05) is 31.2 Å². The Hall–Kier alpha value is -1.69. The number of nitrogens with zero attached hydrogens (tertiary/aromatic N) is 5. The maximum absolute atomic E-state index is 5.42. The van der Waals surface area contributed by atoms with Crippen LogP contribution >= 0.6 is 0 Å². The number of anilines is 1. The Bertz CT molecular complexity index is 616. The maximum atomic E-state index is 5.42. The van der Waals surface area contributed by atoms with Crippen molar-refractivity contribution in [2.24, 2.45) is 0 Å². The zero-order chi connectivity index (χ0) is 14.8. The lowest BCUT2D eigenvalue weighted by Crippen LogP contribution is -2.37. The second-order valence-electron chi connectivity index (χ2n) is 5.79. The number of aryl methyl sites for hydroxylation is 1. The molecular formula is C15H23N5O. The highest BCUT2D eigenvalue weighted by Crippen LogP contribution is 2.21. The molecule has 6 nitrogen and oxygen atoms in total. The summed E-state index contributed by atoms with van der Waals surface area (Å²) in [5, 5.41) is 8.71. The number of fused-ring (bicyclic) bond motifs is 1. The van der Waals surface area contributed by atoms with Gasteiger partial charge in [-0.1, -0.05) is 20.8 Å². The SMILES string of the molecule is CCCc1nc(N2CCOCC2)cc2nnc(C(C)C)n12. The highest BCUT2D eigenvalue weighted by molar-refractivity contribution is 5.52. The van der Waals surface area contributed by atoms with Gasteiger partial charge in [0.25, 0.3) is 0 Å². The van der Waals surface area contributed by atoms with Crippen molar-refractivity contribution >= 4 is 11.5 Å². The molecule has 0 unspecified atom stereocenters. The average Bonchev–Trinajstić information content (AvgIpc) is 2.93. The van der Waals surface area contributed by atoms with Crippen LogP contribution in [0.3, 0.4) is 0 Å². The van der Waals surface area contributed by atoms with Crippen LogP contribution in [0.25, 0.3) is 5.65 Å². The first-order valence-corrected chi connectivity index (χ1v) is 7.78. The first-order chi connectivity index (χ1) is 10.2. The lowest BCUT2D eigenvalue weighted by molar-refractivity contribution is 0.122. The second kappa shape index (κ2) is 5.97. The Morgan fingerprint density at radius 1 is 1.24 bits per heavy atom. The lowest BCUT2D eigenvalue weighted by Gasteiger charge is -2.28. The zero-order valence-electron chi connectivity index (χ0n) is 13.0. The summed E-state index contributed by atoms with van der Waals surface area (Å²) >= 11 is 0. The van der Waals surface area contributed by atoms with Crippen LogP contribution in [0.2, 0.25) is 0 Å². The van der Waals surface area contributed by atoms with E-state index >= 15 is 0 Å². The van der Waals surface area contributed by atoms with Crippen LogP contribution in [0.15, 0.2) is 6.07 Å². The van der Waals surface area contributed by atoms with E-state index in [2.05, 4.69) is 40.3 Å². The molecule has 0 aromatic carbocycles. The number of ether oxygens (including phenoxy) is 1. The summed E-state index contributed by atoms with van der Waals surface area (Å²) in [5.41, 5.74) is 0.902. The predicted molar refractivity (Wildman–Crippen MR) is 81.9 cm³/mol. The van der Waals surface area contributed by atoms with E-state index in [9.17, 15) is 0 Å². The van der Waals surface area contributed by atoms with Crippen molar-refractivity contribution in [2.45, 2.75) is 39.5 Å². The van der Waals surface area contributed by atoms with Gasteiger partial charge in [-0.15, -0.1) is 10.2 Å². The summed E-state index contributed by atoms with van der Waals surface area (Å²) in [4.78, 5) is 7.15. The van der Waals surface area contributed by atoms with Crippen molar-refractivity contribution in [1.29, 1.82) is 0 Å². The van der Waals surface area contributed by atoms with Gasteiger partial charge in [-0.2, -0.15) is 0 Å². The van der Waals surface area contributed by atoms with E-state index in [1.807, 2.05) is 6.07 Å². The van der Waals surface area contributed by atoms with Gasteiger partial charge in [-0.25, -0.2) is 4.98 Å². The molecule has 6 heteroatoms. The largest absolute Gasteiger partial charge is 0.378 e. The normalized spacial score (nSPS) is 16.1. The van der Waals surface area contributed by atoms with Crippen molar-refractivity contribution in [3.63, 3.8) is 0 Å². The maximum Gasteiger partial charge on any atom is 0.165 e. The summed E-state index contributed by atoms with van der Waals surface area (Å²) in [7, 11) is 0. The molecule has 0 N–H and O–H groups in total. The molecule has 1 aliphatic rings. The first kappa shape index (κ1) is 14.3. The standard InChI is InChI=1S/C15H23N5O/c1-4-5-12-16-13(19-6-8-21-9-7-19)10-14-17-18-15(11(2)3)20(12)14/h10-11H,4-9H2,1-3H3. The summed E-state index contributed by atoms with van der Waals surface area (Å²) in [6, 6.07) is 2.04. The fourth-order valence-electron chi connectivity index (χ4n) is 2.72. The summed E-state index contributed by atoms with van der Waals surface area (Å²) in [6.07, 6.45) is 2.00. The van der Waals surface area contributed by atoms with E-state index in [1.54, 1.807) is 0 Å². The van der Waals surface area contributed by atoms with Gasteiger partial charge in [0, 0.05) is 31.5 Å². The Morgan fingerprint density at radius 3 is 2.67 bits per heavy atom. The van der Waals surface area contributed by atoms with E-state index in [-0.39, 0.29) is 0 Å². The summed E-state index contributed by atoms with van der Waals surface area (Å²) < 4.78 is 7.54. The van der Waals surface area contributed by atoms with Crippen LogP contribution in [0, 0.1) is 0 Å². The lowest BCUT2D eigenvalue weighted by atomic mass is 10.2. The van der Waals surface area contributed by atoms with E-state index in [0.29, 0.717) is 5.92 Å². The molecule has 0 spiro atoms. The third-order valence-corrected chi connectivity index (χ3v) is 3.80. The van der Waals surface area contributed by atoms with Gasteiger partial charge >= 0.3 is 0 Å². The van der Waals surface area contributed by atoms with Crippen LogP contribution in [0.1, 0.15) is 44.8 Å². The van der Waals surface area contributed by atoms with Gasteiger partial charge in [-0.05, 0) is 6.42 Å². The Kier molecular flexibility index (Phi) is 4.05. The minimum Gasteiger partial charge on any atom is -0.378 e. The number of morpholine rings is 1. The Labute approximate surface area is 125 Å². The fraction of sp³-hybridized carbons (Fsp3) is 0.667. The van der Waals surface area contributed by atoms with E-state index in [1.165, 1.54) is 0 Å². The van der Waals surface area contributed by atoms with Crippen molar-refractivity contribution < 1.29 is 4.74 Å². The fourth-order valence-corrected chi connectivity index (χ4v) is 2.72. The number of hydrogen-bond donors (Lipinski definition) is 0. The summed E-state index contributed by atoms with van der Waals surface area (Å²) in [5.74, 6) is 3.39. The molecule has 0 saturated carbocycles. The predicted octanol–water partition coefficient (Wildman–Crippen LogP) is 2.04. The van der Waals surface area contributed by atoms with Gasteiger partial charge in [0.2, 0.25) is 0 Å². The third kappa shape index (κ3) is 2.72. The van der Waals surface area contributed by atoms with Crippen molar-refractivity contribution in [1.82, 2.24) is 19.6 Å². The highest BCUT2D eigenvalue weighted by atomic mass is 16.5. The molecule has 1 aliphatic heterocycles. The average molecular weight is 289 g/mol. The first-order valence-electron chi connectivity index (χ1n) is 7.78. The Balaban J connectivity index is 2.07. The Morgan fingerprint density at radius 2 is 2.00 bits per heavy atom. The number of rotatable bonds is 4. The quantitative estimate of drug-likeness (QED) is 0.862. The van der Waals surface area contributed by atoms with Crippen LogP contribution in [0.4, 0.5) is 5.82 Å². The molecule has 3 rings (SSSR count). The van der Waals surface area contributed by atoms with Gasteiger partial charge < -0.3 is 9.64 Å². The molecule has 2 aromatic heterocycles. The van der Waals surface area contributed by atoms with Gasteiger partial charge in [0.05, 0.1) is 13.2 Å². The highest BCUT2D eigenvalue weighted by Gasteiger charge is 2.18. The minimum absolute atomic E-state index is 0.339. The van der Waals surface area contributed by atoms with E-state index in [4.69, 9.17) is 9.72 Å². The number of hydrogen-bond acceptors (Lipinski definition) is 5. The van der Waals surface area contributed by atoms with Crippen LogP contribution in [-0.4, -0.2) is 45.9 Å². The van der Waals surface area contributed by atoms with E-state index < -0.39 is 0 Å². The van der Waals surface area contributed by atoms with Gasteiger partial charge in [0.15, 0.2) is 5.65 Å². The molecule has 2 aromatic rings. The van der Waals surface area contributed by atoms with E-state index in [0.717, 1.165) is 62.3 Å². The summed E-state index contributed by atoms with van der Waals surface area (Å²) in [6.45, 7) is 9.76. The molecule has 0 amide bonds. The molecule has 0 radical (unpaired) electrons.